The third-order valence-electron chi connectivity index (χ3n) is 5.21. The molecule has 1 atom stereocenters. The van der Waals surface area contributed by atoms with Crippen molar-refractivity contribution >= 4 is 26.1 Å². The molecule has 168 valence electrons. The Kier molecular flexibility index (Phi) is 7.28. The number of ether oxygens (including phenoxy) is 1. The first-order valence-electron chi connectivity index (χ1n) is 9.58. The van der Waals surface area contributed by atoms with Crippen LogP contribution < -0.4 is 0 Å². The van der Waals surface area contributed by atoms with Crippen LogP contribution in [-0.4, -0.2) is 46.4 Å². The van der Waals surface area contributed by atoms with Gasteiger partial charge in [0, 0.05) is 0 Å². The molecule has 0 aliphatic heterocycles. The van der Waals surface area contributed by atoms with Crippen molar-refractivity contribution in [1.29, 1.82) is 0 Å². The monoisotopic (exact) mass is 450 g/mol. The van der Waals surface area contributed by atoms with Crippen LogP contribution in [0.1, 0.15) is 31.1 Å². The van der Waals surface area contributed by atoms with Gasteiger partial charge in [0.1, 0.15) is 6.54 Å². The van der Waals surface area contributed by atoms with Crippen molar-refractivity contribution in [2.24, 2.45) is 0 Å². The summed E-state index contributed by atoms with van der Waals surface area (Å²) in [6.45, 7) is 9.96. The van der Waals surface area contributed by atoms with Crippen molar-refractivity contribution < 1.29 is 23.8 Å². The van der Waals surface area contributed by atoms with Crippen molar-refractivity contribution in [3.8, 4) is 0 Å². The van der Waals surface area contributed by atoms with Crippen LogP contribution in [0.4, 0.5) is 11.8 Å². The van der Waals surface area contributed by atoms with Crippen molar-refractivity contribution in [2.75, 3.05) is 6.61 Å². The van der Waals surface area contributed by atoms with Crippen molar-refractivity contribution in [3.05, 3.63) is 62.3 Å². The highest BCUT2D eigenvalue weighted by Crippen LogP contribution is 2.36. The standard InChI is InChI=1S/C19H26N4O7Si/c1-19(2,3)31(4,5)29-13-15(30-17(24)14-9-7-6-8-10-14)11-21-12-16(22(25)26)20-18(21)23(27)28/h6-10,12,15H,11,13H2,1-5H3. The highest BCUT2D eigenvalue weighted by atomic mass is 28.4. The normalized spacial score (nSPS) is 12.9. The van der Waals surface area contributed by atoms with Crippen molar-refractivity contribution in [1.82, 2.24) is 9.55 Å². The number of nitrogens with zero attached hydrogens (tertiary/aromatic N) is 4. The van der Waals surface area contributed by atoms with Gasteiger partial charge >= 0.3 is 17.7 Å². The number of benzene rings is 1. The lowest BCUT2D eigenvalue weighted by molar-refractivity contribution is -0.403. The fraction of sp³-hybridized carbons (Fsp3) is 0.474. The number of nitro groups is 2. The van der Waals surface area contributed by atoms with Crippen LogP contribution >= 0.6 is 0 Å². The third kappa shape index (κ3) is 6.18. The minimum absolute atomic E-state index is 0.0157. The highest BCUT2D eigenvalue weighted by molar-refractivity contribution is 6.74. The topological polar surface area (TPSA) is 140 Å². The number of esters is 1. The molecule has 0 spiro atoms. The van der Waals surface area contributed by atoms with Gasteiger partial charge in [0.05, 0.1) is 12.2 Å². The van der Waals surface area contributed by atoms with E-state index >= 15 is 0 Å². The van der Waals surface area contributed by atoms with E-state index in [1.165, 1.54) is 0 Å². The molecular formula is C19H26N4O7Si. The molecule has 1 aromatic carbocycles. The Morgan fingerprint density at radius 3 is 2.29 bits per heavy atom. The second-order valence-electron chi connectivity index (χ2n) is 8.53. The maximum Gasteiger partial charge on any atom is 0.439 e. The number of aromatic nitrogens is 2. The van der Waals surface area contributed by atoms with Gasteiger partial charge in [-0.25, -0.2) is 9.36 Å². The van der Waals surface area contributed by atoms with Gasteiger partial charge in [-0.1, -0.05) is 39.0 Å². The maximum atomic E-state index is 12.6. The average molecular weight is 451 g/mol. The fourth-order valence-corrected chi connectivity index (χ4v) is 3.45. The third-order valence-corrected chi connectivity index (χ3v) is 9.71. The predicted octanol–water partition coefficient (Wildman–Crippen LogP) is 3.95. The molecule has 1 aromatic heterocycles. The lowest BCUT2D eigenvalue weighted by Gasteiger charge is -2.37. The van der Waals surface area contributed by atoms with Crippen LogP contribution in [0, 0.1) is 20.2 Å². The highest BCUT2D eigenvalue weighted by Gasteiger charge is 2.38. The minimum atomic E-state index is -2.22. The fourth-order valence-electron chi connectivity index (χ4n) is 2.42. The Bertz CT molecular complexity index is 954. The van der Waals surface area contributed by atoms with Gasteiger partial charge in [-0.2, -0.15) is 0 Å². The molecular weight excluding hydrogens is 424 g/mol. The summed E-state index contributed by atoms with van der Waals surface area (Å²) in [6.07, 6.45) is 0.0303. The Labute approximate surface area is 180 Å². The molecule has 2 rings (SSSR count). The second kappa shape index (κ2) is 9.35. The molecule has 0 fully saturated rings. The summed E-state index contributed by atoms with van der Waals surface area (Å²) >= 11 is 0. The van der Waals surface area contributed by atoms with Crippen LogP contribution in [0.3, 0.4) is 0 Å². The van der Waals surface area contributed by atoms with Crippen LogP contribution in [0.15, 0.2) is 36.5 Å². The molecule has 0 saturated carbocycles. The summed E-state index contributed by atoms with van der Waals surface area (Å²) in [5.41, 5.74) is 0.311. The van der Waals surface area contributed by atoms with E-state index in [4.69, 9.17) is 9.16 Å². The molecule has 31 heavy (non-hydrogen) atoms. The summed E-state index contributed by atoms with van der Waals surface area (Å²) in [6, 6.07) is 8.28. The van der Waals surface area contributed by atoms with Gasteiger partial charge in [-0.3, -0.25) is 0 Å². The summed E-state index contributed by atoms with van der Waals surface area (Å²) in [7, 11) is -2.22. The van der Waals surface area contributed by atoms with Gasteiger partial charge in [-0.05, 0) is 45.1 Å². The van der Waals surface area contributed by atoms with Gasteiger partial charge in [0.25, 0.3) is 0 Å². The Hall–Kier alpha value is -3.12. The van der Waals surface area contributed by atoms with E-state index in [1.807, 2.05) is 33.9 Å². The molecule has 11 nitrogen and oxygen atoms in total. The zero-order valence-corrected chi connectivity index (χ0v) is 19.1. The van der Waals surface area contributed by atoms with Crippen LogP contribution in [-0.2, 0) is 15.7 Å². The van der Waals surface area contributed by atoms with Gasteiger partial charge in [0.2, 0.25) is 0 Å². The summed E-state index contributed by atoms with van der Waals surface area (Å²) < 4.78 is 12.7. The van der Waals surface area contributed by atoms with E-state index in [1.54, 1.807) is 30.3 Å². The van der Waals surface area contributed by atoms with Gasteiger partial charge in [-0.15, -0.1) is 0 Å². The van der Waals surface area contributed by atoms with Crippen molar-refractivity contribution in [2.45, 2.75) is 51.6 Å². The molecule has 0 aliphatic rings. The van der Waals surface area contributed by atoms with E-state index in [9.17, 15) is 25.0 Å². The summed E-state index contributed by atoms with van der Waals surface area (Å²) in [5, 5.41) is 22.2. The smallest absolute Gasteiger partial charge is 0.439 e. The maximum absolute atomic E-state index is 12.6. The Morgan fingerprint density at radius 2 is 1.77 bits per heavy atom. The quantitative estimate of drug-likeness (QED) is 0.242. The first-order valence-corrected chi connectivity index (χ1v) is 12.5. The van der Waals surface area contributed by atoms with E-state index in [0.717, 1.165) is 10.8 Å². The van der Waals surface area contributed by atoms with E-state index in [2.05, 4.69) is 4.98 Å². The molecule has 0 aliphatic carbocycles. The first kappa shape index (κ1) is 24.1. The molecule has 1 unspecified atom stereocenters. The zero-order chi connectivity index (χ0) is 23.4. The van der Waals surface area contributed by atoms with Gasteiger partial charge < -0.3 is 29.4 Å². The molecule has 12 heteroatoms. The number of rotatable bonds is 9. The molecule has 0 radical (unpaired) electrons. The molecule has 0 saturated heterocycles. The van der Waals surface area contributed by atoms with Crippen molar-refractivity contribution in [3.63, 3.8) is 0 Å². The SMILES string of the molecule is CC(C)(C)[Si](C)(C)OCC(Cn1cc([N+](=O)[O-])nc1[N+](=O)[O-])OC(=O)c1ccccc1. The molecule has 1 heterocycles. The summed E-state index contributed by atoms with van der Waals surface area (Å²) in [5.74, 6) is -1.99. The minimum Gasteiger partial charge on any atom is -0.453 e. The number of imidazole rings is 1. The van der Waals surface area contributed by atoms with Crippen LogP contribution in [0.25, 0.3) is 0 Å². The predicted molar refractivity (Wildman–Crippen MR) is 114 cm³/mol. The largest absolute Gasteiger partial charge is 0.453 e. The molecule has 0 amide bonds. The Morgan fingerprint density at radius 1 is 1.16 bits per heavy atom. The lowest BCUT2D eigenvalue weighted by atomic mass is 10.2. The average Bonchev–Trinajstić information content (AvgIpc) is 3.10. The van der Waals surface area contributed by atoms with Crippen LogP contribution in [0.2, 0.25) is 18.1 Å². The number of carbonyl (C=O) groups is 1. The van der Waals surface area contributed by atoms with E-state index in [0.29, 0.717) is 5.56 Å². The number of carbonyl (C=O) groups excluding carboxylic acids is 1. The Balaban J connectivity index is 2.30. The molecule has 0 N–H and O–H groups in total. The summed E-state index contributed by atoms with van der Waals surface area (Å²) in [4.78, 5) is 36.7. The zero-order valence-electron chi connectivity index (χ0n) is 18.1. The molecule has 2 aromatic rings. The van der Waals surface area contributed by atoms with Gasteiger partial charge in [0.15, 0.2) is 20.6 Å². The van der Waals surface area contributed by atoms with E-state index < -0.39 is 42.0 Å². The lowest BCUT2D eigenvalue weighted by Crippen LogP contribution is -2.43. The van der Waals surface area contributed by atoms with Crippen LogP contribution in [0.5, 0.6) is 0 Å². The number of hydrogen-bond acceptors (Lipinski definition) is 8. The second-order valence-corrected chi connectivity index (χ2v) is 13.3. The molecule has 0 bridgehead atoms. The van der Waals surface area contributed by atoms with E-state index in [-0.39, 0.29) is 18.2 Å². The first-order chi connectivity index (χ1) is 14.3. The number of hydrogen-bond donors (Lipinski definition) is 0.